The fourth-order valence-corrected chi connectivity index (χ4v) is 3.38. The first kappa shape index (κ1) is 17.6. The molecule has 0 fully saturated rings. The van der Waals surface area contributed by atoms with Gasteiger partial charge in [0.15, 0.2) is 0 Å². The van der Waals surface area contributed by atoms with Crippen LogP contribution in [0, 0.1) is 18.8 Å². The number of para-hydroxylation sites is 1. The molecule has 1 aliphatic heterocycles. The molecule has 0 saturated heterocycles. The van der Waals surface area contributed by atoms with Crippen molar-refractivity contribution in [1.82, 2.24) is 4.90 Å². The summed E-state index contributed by atoms with van der Waals surface area (Å²) in [7, 11) is 1.71. The van der Waals surface area contributed by atoms with Crippen molar-refractivity contribution >= 4 is 29.0 Å². The molecule has 3 amide bonds. The van der Waals surface area contributed by atoms with Crippen LogP contribution in [0.3, 0.4) is 0 Å². The van der Waals surface area contributed by atoms with Crippen LogP contribution in [0.25, 0.3) is 0 Å². The highest BCUT2D eigenvalue weighted by Gasteiger charge is 2.30. The van der Waals surface area contributed by atoms with Crippen molar-refractivity contribution in [3.63, 3.8) is 0 Å². The van der Waals surface area contributed by atoms with E-state index in [9.17, 15) is 14.5 Å². The number of amides is 3. The van der Waals surface area contributed by atoms with Crippen molar-refractivity contribution in [2.24, 2.45) is 5.18 Å². The number of anilines is 2. The van der Waals surface area contributed by atoms with Gasteiger partial charge in [-0.25, -0.2) is 4.79 Å². The number of rotatable bonds is 4. The molecule has 0 aliphatic carbocycles. The second kappa shape index (κ2) is 6.95. The maximum Gasteiger partial charge on any atom is 0.325 e. The number of nitroso groups, excluding NO2 is 1. The van der Waals surface area contributed by atoms with Gasteiger partial charge in [0.2, 0.25) is 5.91 Å². The summed E-state index contributed by atoms with van der Waals surface area (Å²) in [5, 5.41) is 5.54. The van der Waals surface area contributed by atoms with Gasteiger partial charge in [0.05, 0.1) is 17.9 Å². The van der Waals surface area contributed by atoms with Gasteiger partial charge in [0.1, 0.15) is 12.2 Å². The third kappa shape index (κ3) is 3.28. The van der Waals surface area contributed by atoms with E-state index in [1.807, 2.05) is 26.0 Å². The normalized spacial score (nSPS) is 13.4. The monoisotopic (exact) mass is 352 g/mol. The van der Waals surface area contributed by atoms with E-state index in [0.29, 0.717) is 12.2 Å². The van der Waals surface area contributed by atoms with Gasteiger partial charge in [-0.3, -0.25) is 9.69 Å². The summed E-state index contributed by atoms with van der Waals surface area (Å²) < 4.78 is 0. The molecule has 0 aromatic heterocycles. The Kier molecular flexibility index (Phi) is 4.71. The summed E-state index contributed by atoms with van der Waals surface area (Å²) in [6.07, 6.45) is 0. The Morgan fingerprint density at radius 2 is 1.96 bits per heavy atom. The van der Waals surface area contributed by atoms with Crippen molar-refractivity contribution in [3.05, 3.63) is 58.0 Å². The van der Waals surface area contributed by atoms with Crippen LogP contribution >= 0.6 is 0 Å². The summed E-state index contributed by atoms with van der Waals surface area (Å²) in [6.45, 7) is 4.23. The third-order valence-electron chi connectivity index (χ3n) is 4.39. The molecule has 0 bridgehead atoms. The first-order chi connectivity index (χ1) is 12.4. The standard InChI is InChI=1S/C19H20N4O3/c1-12-8-13(2)18-14(9-12)10-23(19(25)22(18)3)11-17(24)20-15-6-4-5-7-16(15)21-26/h4-9H,10-11H2,1-3H3,(H,20,24). The van der Waals surface area contributed by atoms with E-state index in [2.05, 4.69) is 10.5 Å². The van der Waals surface area contributed by atoms with Crippen molar-refractivity contribution in [3.8, 4) is 0 Å². The maximum atomic E-state index is 12.6. The molecular weight excluding hydrogens is 332 g/mol. The molecule has 1 aliphatic rings. The molecular formula is C19H20N4O3. The van der Waals surface area contributed by atoms with Gasteiger partial charge in [-0.05, 0) is 42.3 Å². The van der Waals surface area contributed by atoms with E-state index in [4.69, 9.17) is 0 Å². The zero-order chi connectivity index (χ0) is 18.8. The van der Waals surface area contributed by atoms with E-state index in [1.165, 1.54) is 11.0 Å². The first-order valence-corrected chi connectivity index (χ1v) is 8.25. The number of benzene rings is 2. The number of hydrogen-bond donors (Lipinski definition) is 1. The lowest BCUT2D eigenvalue weighted by Crippen LogP contribution is -2.48. The number of nitrogens with one attached hydrogen (secondary N) is 1. The van der Waals surface area contributed by atoms with Gasteiger partial charge in [-0.2, -0.15) is 0 Å². The topological polar surface area (TPSA) is 82.1 Å². The van der Waals surface area contributed by atoms with E-state index in [-0.39, 0.29) is 24.2 Å². The average molecular weight is 352 g/mol. The largest absolute Gasteiger partial charge is 0.325 e. The molecule has 0 spiro atoms. The fourth-order valence-electron chi connectivity index (χ4n) is 3.38. The summed E-state index contributed by atoms with van der Waals surface area (Å²) in [5.41, 5.74) is 4.53. The van der Waals surface area contributed by atoms with Crippen LogP contribution < -0.4 is 10.2 Å². The molecule has 0 saturated carbocycles. The Hall–Kier alpha value is -3.22. The Bertz CT molecular complexity index is 894. The molecule has 3 rings (SSSR count). The highest BCUT2D eigenvalue weighted by atomic mass is 16.3. The van der Waals surface area contributed by atoms with Crippen LogP contribution in [0.1, 0.15) is 16.7 Å². The Morgan fingerprint density at radius 3 is 2.69 bits per heavy atom. The second-order valence-corrected chi connectivity index (χ2v) is 6.44. The summed E-state index contributed by atoms with van der Waals surface area (Å²) in [5.74, 6) is -0.379. The Balaban J connectivity index is 1.79. The number of carbonyl (C=O) groups excluding carboxylic acids is 2. The maximum absolute atomic E-state index is 12.6. The van der Waals surface area contributed by atoms with Gasteiger partial charge in [0.25, 0.3) is 0 Å². The molecule has 134 valence electrons. The van der Waals surface area contributed by atoms with Crippen molar-refractivity contribution in [1.29, 1.82) is 0 Å². The molecule has 26 heavy (non-hydrogen) atoms. The number of urea groups is 1. The Labute approximate surface area is 151 Å². The highest BCUT2D eigenvalue weighted by molar-refractivity contribution is 6.00. The Morgan fingerprint density at radius 1 is 1.23 bits per heavy atom. The molecule has 2 aromatic carbocycles. The number of aryl methyl sites for hydroxylation is 2. The molecule has 2 aromatic rings. The molecule has 0 radical (unpaired) electrons. The minimum atomic E-state index is -0.379. The van der Waals surface area contributed by atoms with Gasteiger partial charge in [0, 0.05) is 7.05 Å². The number of carbonyl (C=O) groups is 2. The van der Waals surface area contributed by atoms with E-state index >= 15 is 0 Å². The van der Waals surface area contributed by atoms with Gasteiger partial charge in [-0.15, -0.1) is 4.91 Å². The fraction of sp³-hybridized carbons (Fsp3) is 0.263. The summed E-state index contributed by atoms with van der Waals surface area (Å²) >= 11 is 0. The second-order valence-electron chi connectivity index (χ2n) is 6.44. The van der Waals surface area contributed by atoms with E-state index in [1.54, 1.807) is 30.1 Å². The predicted octanol–water partition coefficient (Wildman–Crippen LogP) is 3.71. The van der Waals surface area contributed by atoms with Crippen LogP contribution in [-0.2, 0) is 11.3 Å². The van der Waals surface area contributed by atoms with Crippen LogP contribution in [0.5, 0.6) is 0 Å². The molecule has 1 heterocycles. The minimum absolute atomic E-state index is 0.108. The lowest BCUT2D eigenvalue weighted by Gasteiger charge is -2.36. The van der Waals surface area contributed by atoms with Gasteiger partial charge >= 0.3 is 6.03 Å². The van der Waals surface area contributed by atoms with Crippen LogP contribution in [0.2, 0.25) is 0 Å². The van der Waals surface area contributed by atoms with E-state index < -0.39 is 0 Å². The van der Waals surface area contributed by atoms with Crippen molar-refractivity contribution in [2.45, 2.75) is 20.4 Å². The summed E-state index contributed by atoms with van der Waals surface area (Å²) in [6, 6.07) is 10.3. The van der Waals surface area contributed by atoms with Crippen LogP contribution in [0.4, 0.5) is 21.9 Å². The molecule has 7 heteroatoms. The average Bonchev–Trinajstić information content (AvgIpc) is 2.59. The zero-order valence-corrected chi connectivity index (χ0v) is 14.9. The van der Waals surface area contributed by atoms with E-state index in [0.717, 1.165) is 22.4 Å². The van der Waals surface area contributed by atoms with Gasteiger partial charge in [-0.1, -0.05) is 29.8 Å². The quantitative estimate of drug-likeness (QED) is 0.852. The van der Waals surface area contributed by atoms with Crippen LogP contribution in [-0.4, -0.2) is 30.4 Å². The van der Waals surface area contributed by atoms with Crippen LogP contribution in [0.15, 0.2) is 41.6 Å². The zero-order valence-electron chi connectivity index (χ0n) is 14.9. The molecule has 7 nitrogen and oxygen atoms in total. The third-order valence-corrected chi connectivity index (χ3v) is 4.39. The smallest absolute Gasteiger partial charge is 0.323 e. The number of fused-ring (bicyclic) bond motifs is 1. The van der Waals surface area contributed by atoms with Gasteiger partial charge < -0.3 is 10.2 Å². The SMILES string of the molecule is Cc1cc(C)c2c(c1)CN(CC(=O)Nc1ccccc1N=O)C(=O)N2C. The molecule has 0 atom stereocenters. The predicted molar refractivity (Wildman–Crippen MR) is 101 cm³/mol. The highest BCUT2D eigenvalue weighted by Crippen LogP contribution is 2.32. The van der Waals surface area contributed by atoms with Crippen molar-refractivity contribution in [2.75, 3.05) is 23.8 Å². The molecule has 0 unspecified atom stereocenters. The number of hydrogen-bond acceptors (Lipinski definition) is 4. The lowest BCUT2D eigenvalue weighted by molar-refractivity contribution is -0.116. The summed E-state index contributed by atoms with van der Waals surface area (Å²) in [4.78, 5) is 38.9. The number of nitrogens with zero attached hydrogens (tertiary/aromatic N) is 3. The van der Waals surface area contributed by atoms with Crippen molar-refractivity contribution < 1.29 is 9.59 Å². The minimum Gasteiger partial charge on any atom is -0.323 e. The lowest BCUT2D eigenvalue weighted by atomic mass is 10.0. The molecule has 1 N–H and O–H groups in total. The first-order valence-electron chi connectivity index (χ1n) is 8.25.